The molecule has 0 unspecified atom stereocenters. The molecule has 4 aromatic carbocycles. The van der Waals surface area contributed by atoms with Gasteiger partial charge in [-0.1, -0.05) is 48.5 Å². The summed E-state index contributed by atoms with van der Waals surface area (Å²) < 4.78 is 27.4. The third-order valence-corrected chi connectivity index (χ3v) is 6.67. The number of hydrogen-bond acceptors (Lipinski definition) is 0. The largest absolute Gasteiger partial charge is 0.207 e. The molecule has 0 fully saturated rings. The predicted octanol–water partition coefficient (Wildman–Crippen LogP) is 6.11. The van der Waals surface area contributed by atoms with E-state index in [0.29, 0.717) is 0 Å². The van der Waals surface area contributed by atoms with E-state index in [-0.39, 0.29) is 11.6 Å². The lowest BCUT2D eigenvalue weighted by Gasteiger charge is -2.32. The summed E-state index contributed by atoms with van der Waals surface area (Å²) >= 11 is 0. The minimum atomic E-state index is -0.427. The molecule has 0 N–H and O–H groups in total. The Labute approximate surface area is 162 Å². The molecule has 6 rings (SSSR count). The van der Waals surface area contributed by atoms with Crippen LogP contribution in [0.5, 0.6) is 0 Å². The lowest BCUT2D eigenvalue weighted by Crippen LogP contribution is -2.28. The molecule has 0 saturated heterocycles. The van der Waals surface area contributed by atoms with Gasteiger partial charge in [0.25, 0.3) is 0 Å². The smallest absolute Gasteiger partial charge is 0.123 e. The molecule has 0 nitrogen and oxygen atoms in total. The van der Waals surface area contributed by atoms with Crippen molar-refractivity contribution in [1.29, 1.82) is 0 Å². The summed E-state index contributed by atoms with van der Waals surface area (Å²) in [6.07, 6.45) is 2.99. The molecule has 0 bridgehead atoms. The number of aryl methyl sites for hydroxylation is 2. The molecule has 0 spiro atoms. The van der Waals surface area contributed by atoms with Crippen molar-refractivity contribution in [3.63, 3.8) is 0 Å². The van der Waals surface area contributed by atoms with E-state index >= 15 is 0 Å². The second-order valence-corrected chi connectivity index (χ2v) is 8.00. The zero-order valence-electron chi connectivity index (χ0n) is 15.3. The van der Waals surface area contributed by atoms with Gasteiger partial charge in [0.05, 0.1) is 0 Å². The van der Waals surface area contributed by atoms with Gasteiger partial charge < -0.3 is 0 Å². The molecule has 0 amide bonds. The van der Waals surface area contributed by atoms with Crippen LogP contribution in [0.3, 0.4) is 0 Å². The Kier molecular flexibility index (Phi) is 3.15. The van der Waals surface area contributed by atoms with E-state index in [1.807, 2.05) is 24.3 Å². The van der Waals surface area contributed by atoms with Crippen LogP contribution in [0.15, 0.2) is 72.8 Å². The van der Waals surface area contributed by atoms with E-state index in [2.05, 4.69) is 24.3 Å². The number of halogens is 2. The van der Waals surface area contributed by atoms with Gasteiger partial charge in [-0.3, -0.25) is 0 Å². The highest BCUT2D eigenvalue weighted by atomic mass is 19.1. The van der Waals surface area contributed by atoms with Crippen molar-refractivity contribution in [3.8, 4) is 0 Å². The van der Waals surface area contributed by atoms with Crippen molar-refractivity contribution in [2.75, 3.05) is 0 Å². The highest BCUT2D eigenvalue weighted by Crippen LogP contribution is 2.52. The van der Waals surface area contributed by atoms with Gasteiger partial charge in [0.1, 0.15) is 11.6 Å². The summed E-state index contributed by atoms with van der Waals surface area (Å²) in [7, 11) is 0. The number of hydrogen-bond donors (Lipinski definition) is 0. The maximum atomic E-state index is 13.7. The number of rotatable bonds is 2. The first-order valence-corrected chi connectivity index (χ1v) is 9.76. The van der Waals surface area contributed by atoms with E-state index in [4.69, 9.17) is 0 Å². The van der Waals surface area contributed by atoms with Crippen LogP contribution >= 0.6 is 0 Å². The minimum Gasteiger partial charge on any atom is -0.207 e. The molecule has 28 heavy (non-hydrogen) atoms. The molecule has 2 heteroatoms. The van der Waals surface area contributed by atoms with Gasteiger partial charge in [-0.25, -0.2) is 8.78 Å². The minimum absolute atomic E-state index is 0.241. The predicted molar refractivity (Wildman–Crippen MR) is 108 cm³/mol. The van der Waals surface area contributed by atoms with E-state index in [0.717, 1.165) is 30.4 Å². The summed E-state index contributed by atoms with van der Waals surface area (Å²) in [5.41, 5.74) is 7.09. The third-order valence-electron chi connectivity index (χ3n) is 6.67. The van der Waals surface area contributed by atoms with Crippen molar-refractivity contribution in [3.05, 3.63) is 118 Å². The molecule has 0 aromatic heterocycles. The fourth-order valence-corrected chi connectivity index (χ4v) is 5.43. The Bertz CT molecular complexity index is 1180. The SMILES string of the molecule is Fc1ccc(C2(c3ccc(F)cc3)Cc3ccc4c5c(ccc2c35)CC4)cc1. The van der Waals surface area contributed by atoms with Crippen LogP contribution < -0.4 is 0 Å². The standard InChI is InChI=1S/C26H18F2/c27-21-10-6-19(7-11-21)26(20-8-12-22(28)13-9-20)15-18-4-3-16-1-2-17-5-14-23(26)25(18)24(16)17/h3-14H,1-2,15H2. The fourth-order valence-electron chi connectivity index (χ4n) is 5.43. The highest BCUT2D eigenvalue weighted by Gasteiger charge is 2.43. The number of benzene rings is 4. The Morgan fingerprint density at radius 2 is 1.04 bits per heavy atom. The second kappa shape index (κ2) is 5.51. The van der Waals surface area contributed by atoms with Crippen LogP contribution in [-0.4, -0.2) is 0 Å². The lowest BCUT2D eigenvalue weighted by atomic mass is 9.69. The van der Waals surface area contributed by atoms with E-state index in [1.54, 1.807) is 0 Å². The average Bonchev–Trinajstić information content (AvgIpc) is 3.28. The molecule has 0 aliphatic heterocycles. The zero-order valence-corrected chi connectivity index (χ0v) is 15.3. The van der Waals surface area contributed by atoms with Gasteiger partial charge in [0.15, 0.2) is 0 Å². The van der Waals surface area contributed by atoms with Crippen molar-refractivity contribution < 1.29 is 8.78 Å². The summed E-state index contributed by atoms with van der Waals surface area (Å²) in [6.45, 7) is 0. The van der Waals surface area contributed by atoms with Crippen molar-refractivity contribution in [1.82, 2.24) is 0 Å². The maximum Gasteiger partial charge on any atom is 0.123 e. The summed E-state index contributed by atoms with van der Waals surface area (Å²) in [5, 5.41) is 2.75. The van der Waals surface area contributed by atoms with Gasteiger partial charge in [-0.15, -0.1) is 0 Å². The Hall–Kier alpha value is -3.00. The van der Waals surface area contributed by atoms with Crippen LogP contribution in [0.2, 0.25) is 0 Å². The average molecular weight is 368 g/mol. The molecule has 0 heterocycles. The van der Waals surface area contributed by atoms with Crippen LogP contribution in [0.25, 0.3) is 10.8 Å². The van der Waals surface area contributed by atoms with E-state index < -0.39 is 5.41 Å². The Morgan fingerprint density at radius 3 is 1.61 bits per heavy atom. The molecular formula is C26H18F2. The zero-order chi connectivity index (χ0) is 18.9. The van der Waals surface area contributed by atoms with E-state index in [1.165, 1.54) is 57.3 Å². The Morgan fingerprint density at radius 1 is 0.536 bits per heavy atom. The second-order valence-electron chi connectivity index (χ2n) is 8.00. The fraction of sp³-hybridized carbons (Fsp3) is 0.154. The van der Waals surface area contributed by atoms with Gasteiger partial charge in [0, 0.05) is 5.41 Å². The quantitative estimate of drug-likeness (QED) is 0.401. The van der Waals surface area contributed by atoms with Crippen LogP contribution in [0, 0.1) is 11.6 Å². The summed E-state index contributed by atoms with van der Waals surface area (Å²) in [5.74, 6) is -0.483. The van der Waals surface area contributed by atoms with Crippen molar-refractivity contribution >= 4 is 10.8 Å². The normalized spacial score (nSPS) is 16.1. The monoisotopic (exact) mass is 368 g/mol. The molecule has 2 aliphatic rings. The van der Waals surface area contributed by atoms with Gasteiger partial charge in [0.2, 0.25) is 0 Å². The van der Waals surface area contributed by atoms with Crippen LogP contribution in [0.4, 0.5) is 8.78 Å². The molecule has 0 atom stereocenters. The molecule has 0 radical (unpaired) electrons. The van der Waals surface area contributed by atoms with Gasteiger partial charge >= 0.3 is 0 Å². The van der Waals surface area contributed by atoms with Crippen molar-refractivity contribution in [2.45, 2.75) is 24.7 Å². The first-order chi connectivity index (χ1) is 13.7. The van der Waals surface area contributed by atoms with Crippen LogP contribution in [0.1, 0.15) is 33.4 Å². The molecular weight excluding hydrogens is 350 g/mol. The van der Waals surface area contributed by atoms with E-state index in [9.17, 15) is 8.78 Å². The molecule has 4 aromatic rings. The highest BCUT2D eigenvalue weighted by molar-refractivity contribution is 5.99. The molecule has 2 aliphatic carbocycles. The summed E-state index contributed by atoms with van der Waals surface area (Å²) in [4.78, 5) is 0. The van der Waals surface area contributed by atoms with Gasteiger partial charge in [-0.05, 0) is 87.7 Å². The molecule has 136 valence electrons. The van der Waals surface area contributed by atoms with Gasteiger partial charge in [-0.2, -0.15) is 0 Å². The first-order valence-electron chi connectivity index (χ1n) is 9.76. The lowest BCUT2D eigenvalue weighted by molar-refractivity contribution is 0.607. The van der Waals surface area contributed by atoms with Crippen LogP contribution in [-0.2, 0) is 24.7 Å². The Balaban J connectivity index is 1.72. The maximum absolute atomic E-state index is 13.7. The third kappa shape index (κ3) is 1.98. The molecule has 0 saturated carbocycles. The topological polar surface area (TPSA) is 0 Å². The van der Waals surface area contributed by atoms with Crippen molar-refractivity contribution in [2.24, 2.45) is 0 Å². The first kappa shape index (κ1) is 16.0. The summed E-state index contributed by atoms with van der Waals surface area (Å²) in [6, 6.07) is 22.6.